The van der Waals surface area contributed by atoms with Crippen LogP contribution in [0.15, 0.2) is 24.4 Å². The quantitative estimate of drug-likeness (QED) is 0.502. The van der Waals surface area contributed by atoms with Gasteiger partial charge in [0.05, 0.1) is 33.5 Å². The molecular weight excluding hydrogens is 455 g/mol. The highest BCUT2D eigenvalue weighted by Crippen LogP contribution is 2.26. The van der Waals surface area contributed by atoms with Gasteiger partial charge < -0.3 is 21.7 Å². The van der Waals surface area contributed by atoms with Crippen LogP contribution in [-0.4, -0.2) is 52.7 Å². The maximum absolute atomic E-state index is 13.0. The molecule has 5 N–H and O–H groups in total. The van der Waals surface area contributed by atoms with E-state index in [1.165, 1.54) is 18.3 Å². The number of amides is 2. The largest absolute Gasteiger partial charge is 0.348 e. The summed E-state index contributed by atoms with van der Waals surface area (Å²) in [7, 11) is 0. The molecule has 9 nitrogen and oxygen atoms in total. The van der Waals surface area contributed by atoms with Crippen LogP contribution in [-0.2, 0) is 0 Å². The Morgan fingerprint density at radius 1 is 1.16 bits per heavy atom. The zero-order valence-corrected chi connectivity index (χ0v) is 19.3. The van der Waals surface area contributed by atoms with Crippen molar-refractivity contribution in [3.8, 4) is 0 Å². The Kier molecular flexibility index (Phi) is 7.89. The van der Waals surface area contributed by atoms with Gasteiger partial charge in [-0.05, 0) is 44.0 Å². The van der Waals surface area contributed by atoms with Crippen molar-refractivity contribution >= 4 is 46.6 Å². The average Bonchev–Trinajstić information content (AvgIpc) is 3.17. The van der Waals surface area contributed by atoms with E-state index < -0.39 is 23.8 Å². The minimum absolute atomic E-state index is 0.0379. The van der Waals surface area contributed by atoms with Crippen LogP contribution >= 0.6 is 23.2 Å². The molecule has 0 bridgehead atoms. The van der Waals surface area contributed by atoms with Crippen LogP contribution < -0.4 is 21.7 Å². The van der Waals surface area contributed by atoms with Gasteiger partial charge in [0.25, 0.3) is 17.7 Å². The zero-order valence-electron chi connectivity index (χ0n) is 17.8. The first-order chi connectivity index (χ1) is 15.2. The summed E-state index contributed by atoms with van der Waals surface area (Å²) < 4.78 is 0.992. The van der Waals surface area contributed by atoms with Gasteiger partial charge in [0.15, 0.2) is 5.69 Å². The van der Waals surface area contributed by atoms with Crippen molar-refractivity contribution in [2.75, 3.05) is 18.4 Å². The van der Waals surface area contributed by atoms with E-state index in [1.807, 2.05) is 0 Å². The summed E-state index contributed by atoms with van der Waals surface area (Å²) in [6.07, 6.45) is 2.81. The summed E-state index contributed by atoms with van der Waals surface area (Å²) >= 11 is 12.3. The molecule has 11 heteroatoms. The SMILES string of the molecule is CC(C)C(N)C(=O)n1cc(NC(=O)c2c(Cl)cccc2Cl)c(C(=O)NC2CCNCC2)n1. The lowest BCUT2D eigenvalue weighted by atomic mass is 10.1. The molecule has 0 radical (unpaired) electrons. The standard InChI is InChI=1S/C21H26Cl2N6O3/c1-11(2)17(24)21(32)29-10-15(27-19(30)16-13(22)4-3-5-14(16)23)18(28-29)20(31)26-12-6-8-25-9-7-12/h3-5,10-12,17,25H,6-9,24H2,1-2H3,(H,26,31)(H,27,30). The molecule has 1 aromatic carbocycles. The Hall–Kier alpha value is -2.46. The van der Waals surface area contributed by atoms with Crippen molar-refractivity contribution < 1.29 is 14.4 Å². The number of piperidine rings is 1. The van der Waals surface area contributed by atoms with Gasteiger partial charge >= 0.3 is 0 Å². The van der Waals surface area contributed by atoms with E-state index in [4.69, 9.17) is 28.9 Å². The third-order valence-electron chi connectivity index (χ3n) is 5.27. The molecule has 0 aliphatic carbocycles. The van der Waals surface area contributed by atoms with Crippen LogP contribution in [0.3, 0.4) is 0 Å². The van der Waals surface area contributed by atoms with Gasteiger partial charge in [0.1, 0.15) is 0 Å². The fourth-order valence-corrected chi connectivity index (χ4v) is 3.87. The topological polar surface area (TPSA) is 131 Å². The van der Waals surface area contributed by atoms with E-state index >= 15 is 0 Å². The number of nitrogens with two attached hydrogens (primary N) is 1. The van der Waals surface area contributed by atoms with Crippen LogP contribution in [0.4, 0.5) is 5.69 Å². The van der Waals surface area contributed by atoms with Gasteiger partial charge in [0, 0.05) is 6.04 Å². The molecule has 1 fully saturated rings. The van der Waals surface area contributed by atoms with Gasteiger partial charge in [-0.15, -0.1) is 0 Å². The molecule has 1 aliphatic rings. The smallest absolute Gasteiger partial charge is 0.274 e. The van der Waals surface area contributed by atoms with E-state index in [9.17, 15) is 14.4 Å². The number of hydrogen-bond donors (Lipinski definition) is 4. The van der Waals surface area contributed by atoms with Crippen LogP contribution in [0.2, 0.25) is 10.0 Å². The molecule has 3 rings (SSSR count). The third kappa shape index (κ3) is 5.47. The van der Waals surface area contributed by atoms with Crippen molar-refractivity contribution in [1.29, 1.82) is 0 Å². The average molecular weight is 481 g/mol. The Balaban J connectivity index is 1.92. The number of nitrogens with zero attached hydrogens (tertiary/aromatic N) is 2. The molecule has 2 amide bonds. The van der Waals surface area contributed by atoms with E-state index in [0.717, 1.165) is 30.6 Å². The Morgan fingerprint density at radius 2 is 1.78 bits per heavy atom. The molecule has 0 saturated carbocycles. The highest BCUT2D eigenvalue weighted by atomic mass is 35.5. The number of aromatic nitrogens is 2. The molecule has 1 aromatic heterocycles. The monoisotopic (exact) mass is 480 g/mol. The van der Waals surface area contributed by atoms with E-state index in [1.54, 1.807) is 19.9 Å². The number of nitrogens with one attached hydrogen (secondary N) is 3. The van der Waals surface area contributed by atoms with Crippen molar-refractivity contribution in [2.24, 2.45) is 11.7 Å². The molecular formula is C21H26Cl2N6O3. The van der Waals surface area contributed by atoms with Crippen LogP contribution in [0.25, 0.3) is 0 Å². The lowest BCUT2D eigenvalue weighted by molar-refractivity contribution is 0.0838. The second-order valence-electron chi connectivity index (χ2n) is 7.99. The first kappa shape index (κ1) is 24.2. The lowest BCUT2D eigenvalue weighted by Crippen LogP contribution is -2.43. The molecule has 1 unspecified atom stereocenters. The number of halogens is 2. The Bertz CT molecular complexity index is 997. The van der Waals surface area contributed by atoms with Crippen molar-refractivity contribution in [3.63, 3.8) is 0 Å². The number of carbonyl (C=O) groups excluding carboxylic acids is 3. The zero-order chi connectivity index (χ0) is 23.4. The van der Waals surface area contributed by atoms with Gasteiger partial charge in [-0.2, -0.15) is 5.10 Å². The maximum atomic E-state index is 13.0. The molecule has 1 aliphatic heterocycles. The predicted molar refractivity (Wildman–Crippen MR) is 123 cm³/mol. The summed E-state index contributed by atoms with van der Waals surface area (Å²) in [5.74, 6) is -1.76. The predicted octanol–water partition coefficient (Wildman–Crippen LogP) is 2.55. The van der Waals surface area contributed by atoms with Gasteiger partial charge in [-0.1, -0.05) is 43.1 Å². The number of rotatable bonds is 6. The fourth-order valence-electron chi connectivity index (χ4n) is 3.30. The van der Waals surface area contributed by atoms with Gasteiger partial charge in [-0.25, -0.2) is 4.68 Å². The second kappa shape index (κ2) is 10.4. The van der Waals surface area contributed by atoms with Crippen LogP contribution in [0, 0.1) is 5.92 Å². The van der Waals surface area contributed by atoms with Crippen LogP contribution in [0.1, 0.15) is 52.3 Å². The number of hydrogen-bond acceptors (Lipinski definition) is 6. The van der Waals surface area contributed by atoms with E-state index in [-0.39, 0.29) is 38.9 Å². The maximum Gasteiger partial charge on any atom is 0.274 e. The molecule has 1 saturated heterocycles. The summed E-state index contributed by atoms with van der Waals surface area (Å²) in [6.45, 7) is 5.18. The lowest BCUT2D eigenvalue weighted by Gasteiger charge is -2.23. The Labute approximate surface area is 196 Å². The summed E-state index contributed by atoms with van der Waals surface area (Å²) in [5, 5.41) is 13.2. The molecule has 32 heavy (non-hydrogen) atoms. The first-order valence-electron chi connectivity index (χ1n) is 10.4. The third-order valence-corrected chi connectivity index (χ3v) is 5.90. The van der Waals surface area contributed by atoms with Crippen molar-refractivity contribution in [3.05, 3.63) is 45.7 Å². The van der Waals surface area contributed by atoms with Crippen LogP contribution in [0.5, 0.6) is 0 Å². The first-order valence-corrected chi connectivity index (χ1v) is 11.1. The second-order valence-corrected chi connectivity index (χ2v) is 8.81. The summed E-state index contributed by atoms with van der Waals surface area (Å²) in [6, 6.07) is 3.81. The highest BCUT2D eigenvalue weighted by molar-refractivity contribution is 6.40. The summed E-state index contributed by atoms with van der Waals surface area (Å²) in [4.78, 5) is 38.6. The molecule has 1 atom stereocenters. The highest BCUT2D eigenvalue weighted by Gasteiger charge is 2.27. The van der Waals surface area contributed by atoms with Gasteiger partial charge in [-0.3, -0.25) is 14.4 Å². The number of carbonyl (C=O) groups is 3. The van der Waals surface area contributed by atoms with E-state index in [0.29, 0.717) is 0 Å². The van der Waals surface area contributed by atoms with Gasteiger partial charge in [0.2, 0.25) is 0 Å². The number of anilines is 1. The van der Waals surface area contributed by atoms with E-state index in [2.05, 4.69) is 21.0 Å². The minimum Gasteiger partial charge on any atom is -0.348 e. The number of benzene rings is 1. The van der Waals surface area contributed by atoms with Crippen molar-refractivity contribution in [2.45, 2.75) is 38.8 Å². The fraction of sp³-hybridized carbons (Fsp3) is 0.429. The molecule has 0 spiro atoms. The molecule has 2 aromatic rings. The van der Waals surface area contributed by atoms with Crippen molar-refractivity contribution in [1.82, 2.24) is 20.4 Å². The Morgan fingerprint density at radius 3 is 2.38 bits per heavy atom. The summed E-state index contributed by atoms with van der Waals surface area (Å²) in [5.41, 5.74) is 5.99. The normalized spacial score (nSPS) is 15.4. The molecule has 2 heterocycles. The molecule has 172 valence electrons. The minimum atomic E-state index is -0.822.